The van der Waals surface area contributed by atoms with Crippen LogP contribution < -0.4 is 4.74 Å². The van der Waals surface area contributed by atoms with Crippen molar-refractivity contribution in [3.63, 3.8) is 0 Å². The summed E-state index contributed by atoms with van der Waals surface area (Å²) >= 11 is 0. The lowest BCUT2D eigenvalue weighted by Crippen LogP contribution is -2.17. The number of nitrogens with zero attached hydrogens (tertiary/aromatic N) is 2. The van der Waals surface area contributed by atoms with Crippen molar-refractivity contribution in [3.05, 3.63) is 48.2 Å². The molecular formula is C19H20N2O3S. The van der Waals surface area contributed by atoms with Crippen molar-refractivity contribution in [3.8, 4) is 16.9 Å². The molecule has 2 bridgehead atoms. The molecule has 0 N–H and O–H groups in total. The summed E-state index contributed by atoms with van der Waals surface area (Å²) in [6.07, 6.45) is 2.52. The van der Waals surface area contributed by atoms with Crippen LogP contribution in [-0.2, 0) is 16.4 Å². The van der Waals surface area contributed by atoms with Gasteiger partial charge in [-0.25, -0.2) is 12.4 Å². The zero-order valence-corrected chi connectivity index (χ0v) is 15.3. The van der Waals surface area contributed by atoms with Gasteiger partial charge in [-0.15, -0.1) is 0 Å². The molecule has 5 nitrogen and oxygen atoms in total. The summed E-state index contributed by atoms with van der Waals surface area (Å²) in [6.45, 7) is 0.878. The summed E-state index contributed by atoms with van der Waals surface area (Å²) in [6, 6.07) is 11.3. The highest BCUT2D eigenvalue weighted by molar-refractivity contribution is 7.90. The van der Waals surface area contributed by atoms with E-state index in [0.717, 1.165) is 35.0 Å². The first-order valence-electron chi connectivity index (χ1n) is 8.14. The lowest BCUT2D eigenvalue weighted by atomic mass is 10.0. The zero-order valence-electron chi connectivity index (χ0n) is 14.5. The number of hydrogen-bond donors (Lipinski definition) is 0. The molecular weight excluding hydrogens is 336 g/mol. The summed E-state index contributed by atoms with van der Waals surface area (Å²) in [7, 11) is 2.00. The van der Waals surface area contributed by atoms with E-state index in [1.54, 1.807) is 19.4 Å². The van der Waals surface area contributed by atoms with Crippen LogP contribution in [0.2, 0.25) is 0 Å². The first-order chi connectivity index (χ1) is 11.9. The molecule has 0 atom stereocenters. The molecule has 6 heteroatoms. The van der Waals surface area contributed by atoms with Crippen LogP contribution in [0.5, 0.6) is 5.75 Å². The predicted octanol–water partition coefficient (Wildman–Crippen LogP) is 2.97. The maximum atomic E-state index is 13.1. The minimum atomic E-state index is -3.60. The summed E-state index contributed by atoms with van der Waals surface area (Å²) in [5.74, 6) is 0.645. The third-order valence-corrected chi connectivity index (χ3v) is 6.41. The van der Waals surface area contributed by atoms with Crippen LogP contribution >= 0.6 is 0 Å². The molecule has 0 fully saturated rings. The second-order valence-corrected chi connectivity index (χ2v) is 8.39. The van der Waals surface area contributed by atoms with Crippen LogP contribution in [0.4, 0.5) is 0 Å². The molecule has 4 rings (SSSR count). The summed E-state index contributed by atoms with van der Waals surface area (Å²) in [5, 5.41) is 0.921. The fourth-order valence-electron chi connectivity index (χ4n) is 3.34. The molecule has 0 radical (unpaired) electrons. The molecule has 1 aromatic heterocycles. The van der Waals surface area contributed by atoms with Crippen LogP contribution in [0.15, 0.2) is 47.5 Å². The monoisotopic (exact) mass is 356 g/mol. The predicted molar refractivity (Wildman–Crippen MR) is 98.8 cm³/mol. The van der Waals surface area contributed by atoms with Gasteiger partial charge >= 0.3 is 0 Å². The normalized spacial score (nSPS) is 14.7. The molecule has 2 aromatic carbocycles. The second-order valence-electron chi connectivity index (χ2n) is 6.61. The molecule has 0 spiro atoms. The van der Waals surface area contributed by atoms with Gasteiger partial charge in [0.1, 0.15) is 5.75 Å². The Labute approximate surface area is 147 Å². The minimum absolute atomic E-state index is 0.386. The van der Waals surface area contributed by atoms with Crippen molar-refractivity contribution in [2.75, 3.05) is 27.7 Å². The first kappa shape index (κ1) is 16.2. The van der Waals surface area contributed by atoms with E-state index in [-0.39, 0.29) is 0 Å². The maximum absolute atomic E-state index is 13.1. The Balaban J connectivity index is 1.92. The van der Waals surface area contributed by atoms with Gasteiger partial charge in [-0.3, -0.25) is 0 Å². The number of aromatic nitrogens is 1. The van der Waals surface area contributed by atoms with Crippen molar-refractivity contribution in [1.29, 1.82) is 0 Å². The fraction of sp³-hybridized carbons (Fsp3) is 0.263. The number of rotatable bonds is 4. The average molecular weight is 356 g/mol. The van der Waals surface area contributed by atoms with Crippen LogP contribution in [0.3, 0.4) is 0 Å². The van der Waals surface area contributed by atoms with Crippen LogP contribution in [0, 0.1) is 0 Å². The van der Waals surface area contributed by atoms with E-state index in [9.17, 15) is 8.42 Å². The van der Waals surface area contributed by atoms with Gasteiger partial charge in [0.25, 0.3) is 10.0 Å². The van der Waals surface area contributed by atoms with Gasteiger partial charge in [-0.05, 0) is 44.3 Å². The van der Waals surface area contributed by atoms with Crippen molar-refractivity contribution in [2.45, 2.75) is 11.3 Å². The number of benzene rings is 2. The Morgan fingerprint density at radius 3 is 2.60 bits per heavy atom. The highest BCUT2D eigenvalue weighted by Gasteiger charge is 2.31. The molecule has 1 aliphatic heterocycles. The van der Waals surface area contributed by atoms with E-state index in [0.29, 0.717) is 16.2 Å². The lowest BCUT2D eigenvalue weighted by Gasteiger charge is -2.16. The Morgan fingerprint density at radius 2 is 1.88 bits per heavy atom. The average Bonchev–Trinajstić information content (AvgIpc) is 2.95. The molecule has 2 heterocycles. The number of methoxy groups -OCH3 is 1. The van der Waals surface area contributed by atoms with Crippen molar-refractivity contribution in [1.82, 2.24) is 8.87 Å². The molecule has 0 saturated carbocycles. The second kappa shape index (κ2) is 5.61. The van der Waals surface area contributed by atoms with Crippen molar-refractivity contribution < 1.29 is 13.2 Å². The molecule has 0 aliphatic carbocycles. The van der Waals surface area contributed by atoms with Crippen LogP contribution in [-0.4, -0.2) is 45.0 Å². The molecule has 3 aromatic rings. The number of likely N-dealkylation sites (N-methyl/N-ethyl adjacent to an activating group) is 1. The van der Waals surface area contributed by atoms with Crippen LogP contribution in [0.25, 0.3) is 22.0 Å². The third-order valence-electron chi connectivity index (χ3n) is 4.70. The lowest BCUT2D eigenvalue weighted by molar-refractivity contribution is 0.413. The van der Waals surface area contributed by atoms with Crippen molar-refractivity contribution in [2.24, 2.45) is 0 Å². The molecule has 0 unspecified atom stereocenters. The van der Waals surface area contributed by atoms with E-state index in [2.05, 4.69) is 4.90 Å². The quantitative estimate of drug-likeness (QED) is 0.564. The van der Waals surface area contributed by atoms with Gasteiger partial charge in [-0.1, -0.05) is 12.1 Å². The summed E-state index contributed by atoms with van der Waals surface area (Å²) < 4.78 is 32.9. The van der Waals surface area contributed by atoms with Crippen LogP contribution in [0.1, 0.15) is 5.56 Å². The van der Waals surface area contributed by atoms with E-state index in [4.69, 9.17) is 4.74 Å². The highest BCUT2D eigenvalue weighted by Crippen LogP contribution is 2.42. The number of ether oxygens (including phenoxy) is 1. The Bertz CT molecular complexity index is 1080. The van der Waals surface area contributed by atoms with Gasteiger partial charge in [0.05, 0.1) is 17.5 Å². The van der Waals surface area contributed by atoms with Gasteiger partial charge in [0.2, 0.25) is 0 Å². The van der Waals surface area contributed by atoms with E-state index < -0.39 is 10.0 Å². The molecule has 0 amide bonds. The molecule has 1 aliphatic rings. The highest BCUT2D eigenvalue weighted by atomic mass is 32.2. The van der Waals surface area contributed by atoms with Gasteiger partial charge < -0.3 is 9.64 Å². The fourth-order valence-corrected chi connectivity index (χ4v) is 4.96. The standard InChI is InChI=1S/C19H20N2O3S/c1-20(2)9-8-13-4-6-16-17-12-21(25(22,23)19(16)10-13)18-11-14(24-3)5-7-15(17)18/h4-7,10-12H,8-9H2,1-3H3. The SMILES string of the molecule is COc1ccc2c3cn(c2c1)S(=O)(=O)c1cc(CCN(C)C)ccc1-3. The zero-order chi connectivity index (χ0) is 17.8. The maximum Gasteiger partial charge on any atom is 0.268 e. The van der Waals surface area contributed by atoms with Crippen molar-refractivity contribution >= 4 is 20.9 Å². The summed E-state index contributed by atoms with van der Waals surface area (Å²) in [5.41, 5.74) is 3.40. The topological polar surface area (TPSA) is 51.5 Å². The molecule has 0 saturated heterocycles. The number of fused-ring (bicyclic) bond motifs is 7. The van der Waals surface area contributed by atoms with Gasteiger partial charge in [0.15, 0.2) is 0 Å². The van der Waals surface area contributed by atoms with E-state index in [1.165, 1.54) is 3.97 Å². The molecule has 130 valence electrons. The minimum Gasteiger partial charge on any atom is -0.497 e. The number of hydrogen-bond acceptors (Lipinski definition) is 4. The molecule has 25 heavy (non-hydrogen) atoms. The Kier molecular flexibility index (Phi) is 3.63. The Hall–Kier alpha value is -2.31. The summed E-state index contributed by atoms with van der Waals surface area (Å²) in [4.78, 5) is 2.47. The van der Waals surface area contributed by atoms with E-state index >= 15 is 0 Å². The van der Waals surface area contributed by atoms with E-state index in [1.807, 2.05) is 44.4 Å². The first-order valence-corrected chi connectivity index (χ1v) is 9.58. The van der Waals surface area contributed by atoms with Gasteiger partial charge in [-0.2, -0.15) is 0 Å². The smallest absolute Gasteiger partial charge is 0.268 e. The Morgan fingerprint density at radius 1 is 1.08 bits per heavy atom. The largest absolute Gasteiger partial charge is 0.497 e. The van der Waals surface area contributed by atoms with Gasteiger partial charge in [0, 0.05) is 35.3 Å². The third kappa shape index (κ3) is 2.44.